The van der Waals surface area contributed by atoms with Crippen LogP contribution in [0.2, 0.25) is 0 Å². The molecule has 1 atom stereocenters. The Kier molecular flexibility index (Phi) is 5.02. The molecule has 7 nitrogen and oxygen atoms in total. The van der Waals surface area contributed by atoms with Crippen LogP contribution in [0.4, 0.5) is 0 Å². The van der Waals surface area contributed by atoms with Crippen LogP contribution >= 0.6 is 0 Å². The van der Waals surface area contributed by atoms with Crippen molar-refractivity contribution >= 4 is 17.4 Å². The number of hydrogen-bond donors (Lipinski definition) is 2. The number of amides is 1. The molecule has 1 amide bonds. The minimum atomic E-state index is -0.884. The number of phenols is 1. The van der Waals surface area contributed by atoms with Crippen LogP contribution < -0.4 is 4.74 Å². The predicted octanol–water partition coefficient (Wildman–Crippen LogP) is 3.62. The number of aromatic hydroxyl groups is 1. The summed E-state index contributed by atoms with van der Waals surface area (Å²) in [6, 6.07) is 15.6. The van der Waals surface area contributed by atoms with Gasteiger partial charge in [-0.05, 0) is 29.8 Å². The molecule has 1 fully saturated rings. The minimum Gasteiger partial charge on any atom is -0.507 e. The number of likely N-dealkylation sites (tertiary alicyclic amines) is 1. The molecule has 0 spiro atoms. The number of hydrogen-bond acceptors (Lipinski definition) is 6. The molecule has 30 heavy (non-hydrogen) atoms. The molecule has 0 radical (unpaired) electrons. The van der Waals surface area contributed by atoms with E-state index >= 15 is 0 Å². The van der Waals surface area contributed by atoms with E-state index in [2.05, 4.69) is 0 Å². The van der Waals surface area contributed by atoms with Crippen LogP contribution in [0.3, 0.4) is 0 Å². The zero-order valence-corrected chi connectivity index (χ0v) is 16.1. The monoisotopic (exact) mass is 405 g/mol. The molecular formula is C23H19NO6. The van der Waals surface area contributed by atoms with Crippen molar-refractivity contribution in [2.24, 2.45) is 0 Å². The van der Waals surface area contributed by atoms with Crippen LogP contribution in [0.1, 0.15) is 22.9 Å². The molecule has 0 saturated carbocycles. The molecule has 3 aromatic rings. The van der Waals surface area contributed by atoms with E-state index < -0.39 is 17.7 Å². The third-order valence-electron chi connectivity index (χ3n) is 5.01. The number of benzene rings is 2. The number of rotatable bonds is 5. The van der Waals surface area contributed by atoms with Gasteiger partial charge in [-0.3, -0.25) is 9.59 Å². The second-order valence-electron chi connectivity index (χ2n) is 6.80. The normalized spacial score (nSPS) is 18.0. The number of nitrogens with zero attached hydrogens (tertiary/aromatic N) is 1. The Bertz CT molecular complexity index is 1120. The highest BCUT2D eigenvalue weighted by Gasteiger charge is 2.46. The smallest absolute Gasteiger partial charge is 0.296 e. The first kappa shape index (κ1) is 19.3. The Morgan fingerprint density at radius 1 is 1.10 bits per heavy atom. The number of ether oxygens (including phenoxy) is 1. The van der Waals surface area contributed by atoms with Crippen LogP contribution in [0.15, 0.2) is 76.9 Å². The molecule has 0 bridgehead atoms. The molecule has 2 heterocycles. The van der Waals surface area contributed by atoms with Crippen LogP contribution in [-0.2, 0) is 16.1 Å². The van der Waals surface area contributed by atoms with Gasteiger partial charge < -0.3 is 24.3 Å². The van der Waals surface area contributed by atoms with E-state index in [1.807, 2.05) is 0 Å². The number of aliphatic hydroxyl groups is 1. The van der Waals surface area contributed by atoms with Crippen LogP contribution in [0.5, 0.6) is 11.5 Å². The fourth-order valence-corrected chi connectivity index (χ4v) is 3.58. The van der Waals surface area contributed by atoms with E-state index in [0.717, 1.165) is 0 Å². The summed E-state index contributed by atoms with van der Waals surface area (Å²) in [5.74, 6) is -1.20. The molecular weight excluding hydrogens is 386 g/mol. The quantitative estimate of drug-likeness (QED) is 0.382. The molecule has 1 aliphatic rings. The molecule has 0 aliphatic carbocycles. The molecule has 1 saturated heterocycles. The maximum atomic E-state index is 12.9. The highest BCUT2D eigenvalue weighted by molar-refractivity contribution is 6.46. The maximum absolute atomic E-state index is 12.9. The Labute approximate surface area is 172 Å². The van der Waals surface area contributed by atoms with Gasteiger partial charge in [0.15, 0.2) is 11.5 Å². The topological polar surface area (TPSA) is 100 Å². The average molecular weight is 405 g/mol. The lowest BCUT2D eigenvalue weighted by Crippen LogP contribution is -2.29. The van der Waals surface area contributed by atoms with Crippen molar-refractivity contribution in [2.45, 2.75) is 12.6 Å². The molecule has 152 valence electrons. The number of carbonyl (C=O) groups excluding carboxylic acids is 2. The number of carbonyl (C=O) groups is 2. The second-order valence-corrected chi connectivity index (χ2v) is 6.80. The third-order valence-corrected chi connectivity index (χ3v) is 5.01. The fourth-order valence-electron chi connectivity index (χ4n) is 3.58. The number of aliphatic hydroxyl groups excluding tert-OH is 1. The summed E-state index contributed by atoms with van der Waals surface area (Å²) in [7, 11) is 1.41. The van der Waals surface area contributed by atoms with Gasteiger partial charge in [0.05, 0.1) is 31.5 Å². The van der Waals surface area contributed by atoms with Crippen molar-refractivity contribution in [3.05, 3.63) is 89.4 Å². The van der Waals surface area contributed by atoms with Gasteiger partial charge in [0.2, 0.25) is 0 Å². The molecule has 0 unspecified atom stereocenters. The fraction of sp³-hybridized carbons (Fsp3) is 0.130. The summed E-state index contributed by atoms with van der Waals surface area (Å²) in [5.41, 5.74) is 0.891. The summed E-state index contributed by atoms with van der Waals surface area (Å²) in [6.45, 7) is 0.0387. The number of phenolic OH excluding ortho intramolecular Hbond substituents is 1. The number of Topliss-reactive ketones (excluding diaryl/α,β-unsaturated/α-hetero) is 1. The Balaban J connectivity index is 1.89. The second kappa shape index (κ2) is 7.79. The van der Waals surface area contributed by atoms with Gasteiger partial charge in [0.25, 0.3) is 11.7 Å². The zero-order chi connectivity index (χ0) is 21.3. The van der Waals surface area contributed by atoms with Gasteiger partial charge in [0, 0.05) is 5.56 Å². The van der Waals surface area contributed by atoms with Gasteiger partial charge in [-0.25, -0.2) is 0 Å². The first-order valence-corrected chi connectivity index (χ1v) is 9.24. The lowest BCUT2D eigenvalue weighted by Gasteiger charge is -2.25. The number of furan rings is 1. The minimum absolute atomic E-state index is 0.0366. The van der Waals surface area contributed by atoms with Crippen molar-refractivity contribution in [1.29, 1.82) is 0 Å². The SMILES string of the molecule is COc1cc([C@H]2/C(=C(\O)c3ccccc3)C(=O)C(=O)N2Cc2ccco2)ccc1O. The lowest BCUT2D eigenvalue weighted by atomic mass is 9.95. The van der Waals surface area contributed by atoms with Crippen molar-refractivity contribution in [1.82, 2.24) is 4.90 Å². The maximum Gasteiger partial charge on any atom is 0.296 e. The molecule has 4 rings (SSSR count). The first-order chi connectivity index (χ1) is 14.5. The van der Waals surface area contributed by atoms with E-state index in [0.29, 0.717) is 16.9 Å². The van der Waals surface area contributed by atoms with E-state index in [9.17, 15) is 19.8 Å². The van der Waals surface area contributed by atoms with Crippen LogP contribution in [-0.4, -0.2) is 33.9 Å². The van der Waals surface area contributed by atoms with E-state index in [4.69, 9.17) is 9.15 Å². The van der Waals surface area contributed by atoms with Gasteiger partial charge in [-0.15, -0.1) is 0 Å². The van der Waals surface area contributed by atoms with Crippen molar-refractivity contribution in [2.75, 3.05) is 7.11 Å². The van der Waals surface area contributed by atoms with Crippen molar-refractivity contribution in [3.63, 3.8) is 0 Å². The molecule has 7 heteroatoms. The van der Waals surface area contributed by atoms with E-state index in [1.54, 1.807) is 54.6 Å². The molecule has 2 aromatic carbocycles. The van der Waals surface area contributed by atoms with Gasteiger partial charge in [0.1, 0.15) is 11.5 Å². The third kappa shape index (κ3) is 3.30. The van der Waals surface area contributed by atoms with Gasteiger partial charge in [-0.2, -0.15) is 0 Å². The predicted molar refractivity (Wildman–Crippen MR) is 108 cm³/mol. The number of methoxy groups -OCH3 is 1. The van der Waals surface area contributed by atoms with E-state index in [1.165, 1.54) is 24.3 Å². The Morgan fingerprint density at radius 2 is 1.87 bits per heavy atom. The van der Waals surface area contributed by atoms with Crippen LogP contribution in [0, 0.1) is 0 Å². The van der Waals surface area contributed by atoms with E-state index in [-0.39, 0.29) is 29.4 Å². The first-order valence-electron chi connectivity index (χ1n) is 9.24. The highest BCUT2D eigenvalue weighted by atomic mass is 16.5. The summed E-state index contributed by atoms with van der Waals surface area (Å²) >= 11 is 0. The molecule has 1 aromatic heterocycles. The summed E-state index contributed by atoms with van der Waals surface area (Å²) < 4.78 is 10.5. The van der Waals surface area contributed by atoms with Crippen molar-refractivity contribution < 1.29 is 29.0 Å². The Morgan fingerprint density at radius 3 is 2.53 bits per heavy atom. The van der Waals surface area contributed by atoms with Crippen molar-refractivity contribution in [3.8, 4) is 11.5 Å². The largest absolute Gasteiger partial charge is 0.507 e. The summed E-state index contributed by atoms with van der Waals surface area (Å²) in [4.78, 5) is 27.2. The molecule has 2 N–H and O–H groups in total. The zero-order valence-electron chi connectivity index (χ0n) is 16.1. The van der Waals surface area contributed by atoms with Gasteiger partial charge in [-0.1, -0.05) is 36.4 Å². The van der Waals surface area contributed by atoms with Gasteiger partial charge >= 0.3 is 0 Å². The molecule has 1 aliphatic heterocycles. The lowest BCUT2D eigenvalue weighted by molar-refractivity contribution is -0.140. The van der Waals surface area contributed by atoms with Crippen LogP contribution in [0.25, 0.3) is 5.76 Å². The standard InChI is InChI=1S/C23H19NO6/c1-29-18-12-15(9-10-17(18)25)20-19(21(26)14-6-3-2-4-7-14)22(27)23(28)24(20)13-16-8-5-11-30-16/h2-12,20,25-26H,13H2,1H3/b21-19+/t20-/m0/s1. The highest BCUT2D eigenvalue weighted by Crippen LogP contribution is 2.42. The average Bonchev–Trinajstić information content (AvgIpc) is 3.37. The number of ketones is 1. The Hall–Kier alpha value is -4.00. The summed E-state index contributed by atoms with van der Waals surface area (Å²) in [5, 5.41) is 20.9. The summed E-state index contributed by atoms with van der Waals surface area (Å²) in [6.07, 6.45) is 1.48.